The zero-order valence-corrected chi connectivity index (χ0v) is 26.6. The Morgan fingerprint density at radius 1 is 1.14 bits per heavy atom. The lowest BCUT2D eigenvalue weighted by Gasteiger charge is -2.40. The van der Waals surface area contributed by atoms with Crippen molar-refractivity contribution in [1.29, 1.82) is 0 Å². The zero-order chi connectivity index (χ0) is 31.8. The van der Waals surface area contributed by atoms with E-state index in [9.17, 15) is 15.0 Å². The van der Waals surface area contributed by atoms with Gasteiger partial charge in [0.25, 0.3) is 0 Å². The number of phenolic OH excluding ortho intramolecular Hbond substituents is 1. The van der Waals surface area contributed by atoms with Crippen LogP contribution in [0.1, 0.15) is 57.9 Å². The van der Waals surface area contributed by atoms with Gasteiger partial charge in [-0.1, -0.05) is 61.5 Å². The number of aromatic hydroxyl groups is 1. The molecule has 1 fully saturated rings. The van der Waals surface area contributed by atoms with Crippen LogP contribution in [0.15, 0.2) is 73.3 Å². The first kappa shape index (κ1) is 31.3. The predicted molar refractivity (Wildman–Crippen MR) is 175 cm³/mol. The van der Waals surface area contributed by atoms with Crippen molar-refractivity contribution >= 4 is 29.0 Å². The molecule has 1 aliphatic heterocycles. The van der Waals surface area contributed by atoms with Crippen molar-refractivity contribution in [2.45, 2.75) is 59.2 Å². The second-order valence-electron chi connectivity index (χ2n) is 12.7. The molecule has 2 aromatic heterocycles. The van der Waals surface area contributed by atoms with E-state index in [-0.39, 0.29) is 11.2 Å². The van der Waals surface area contributed by atoms with Crippen LogP contribution in [0.25, 0.3) is 28.0 Å². The van der Waals surface area contributed by atoms with Crippen LogP contribution >= 0.6 is 11.6 Å². The average Bonchev–Trinajstić information content (AvgIpc) is 3.39. The number of carboxylic acid groups (broad SMARTS) is 1. The number of rotatable bonds is 8. The molecule has 0 saturated carbocycles. The number of benzene rings is 2. The highest BCUT2D eigenvalue weighted by Crippen LogP contribution is 2.40. The van der Waals surface area contributed by atoms with Gasteiger partial charge in [0.2, 0.25) is 0 Å². The highest BCUT2D eigenvalue weighted by molar-refractivity contribution is 6.31. The molecule has 1 aliphatic rings. The summed E-state index contributed by atoms with van der Waals surface area (Å²) in [6.07, 6.45) is 6.49. The summed E-state index contributed by atoms with van der Waals surface area (Å²) < 4.78 is 7.91. The fourth-order valence-corrected chi connectivity index (χ4v) is 5.91. The molecule has 3 heterocycles. The van der Waals surface area contributed by atoms with Gasteiger partial charge in [-0.25, -0.2) is 9.78 Å². The van der Waals surface area contributed by atoms with Gasteiger partial charge in [0, 0.05) is 41.0 Å². The molecule has 2 N–H and O–H groups in total. The van der Waals surface area contributed by atoms with Crippen LogP contribution in [0.4, 0.5) is 5.82 Å². The van der Waals surface area contributed by atoms with Crippen molar-refractivity contribution < 1.29 is 19.7 Å². The Bertz CT molecular complexity index is 1750. The van der Waals surface area contributed by atoms with Gasteiger partial charge in [-0.3, -0.25) is 0 Å². The lowest BCUT2D eigenvalue weighted by molar-refractivity contribution is -0.160. The number of aliphatic carboxylic acids is 1. The van der Waals surface area contributed by atoms with Crippen molar-refractivity contribution in [1.82, 2.24) is 14.6 Å². The molecule has 1 unspecified atom stereocenters. The van der Waals surface area contributed by atoms with Crippen molar-refractivity contribution in [3.63, 3.8) is 0 Å². The number of carbonyl (C=O) groups is 1. The molecule has 2 aromatic carbocycles. The van der Waals surface area contributed by atoms with Crippen molar-refractivity contribution in [3.05, 3.63) is 89.6 Å². The van der Waals surface area contributed by atoms with E-state index in [0.29, 0.717) is 52.1 Å². The predicted octanol–water partition coefficient (Wildman–Crippen LogP) is 8.02. The Labute approximate surface area is 263 Å². The summed E-state index contributed by atoms with van der Waals surface area (Å²) >= 11 is 6.23. The molecule has 8 nitrogen and oxygen atoms in total. The quantitative estimate of drug-likeness (QED) is 0.194. The summed E-state index contributed by atoms with van der Waals surface area (Å²) in [6.45, 7) is 14.8. The highest BCUT2D eigenvalue weighted by Gasteiger charge is 2.36. The lowest BCUT2D eigenvalue weighted by Crippen LogP contribution is -2.40. The van der Waals surface area contributed by atoms with E-state index >= 15 is 0 Å². The Hall–Kier alpha value is -4.14. The fraction of sp³-hybridized carbons (Fsp3) is 0.343. The third-order valence-corrected chi connectivity index (χ3v) is 8.26. The highest BCUT2D eigenvalue weighted by atomic mass is 35.5. The van der Waals surface area contributed by atoms with Crippen molar-refractivity contribution in [2.24, 2.45) is 5.41 Å². The van der Waals surface area contributed by atoms with Gasteiger partial charge in [-0.2, -0.15) is 9.61 Å². The number of ether oxygens (including phenoxy) is 1. The first-order valence-electron chi connectivity index (χ1n) is 14.7. The average molecular weight is 615 g/mol. The number of aromatic nitrogens is 3. The molecule has 0 amide bonds. The monoisotopic (exact) mass is 614 g/mol. The van der Waals surface area contributed by atoms with E-state index < -0.39 is 17.7 Å². The maximum Gasteiger partial charge on any atom is 0.337 e. The molecule has 0 spiro atoms. The maximum atomic E-state index is 12.7. The molecule has 1 atom stereocenters. The smallest absolute Gasteiger partial charge is 0.337 e. The summed E-state index contributed by atoms with van der Waals surface area (Å²) in [7, 11) is 0. The Kier molecular flexibility index (Phi) is 8.60. The number of carboxylic acids is 1. The van der Waals surface area contributed by atoms with E-state index in [0.717, 1.165) is 24.0 Å². The number of hydrogen-bond donors (Lipinski definition) is 2. The van der Waals surface area contributed by atoms with Crippen molar-refractivity contribution in [2.75, 3.05) is 18.0 Å². The van der Waals surface area contributed by atoms with Gasteiger partial charge >= 0.3 is 5.97 Å². The van der Waals surface area contributed by atoms with Gasteiger partial charge in [-0.15, -0.1) is 0 Å². The number of phenols is 1. The SMILES string of the molecule is C=C/C=C/C1(C)CCN(c2c(C(OC(C)(C)C)C(=O)O)c(C)nc3cc(-c4cccc(-c5cc(Cl)ccc5O)c4)nn23)CC1. The van der Waals surface area contributed by atoms with Crippen LogP contribution in [0.5, 0.6) is 5.75 Å². The molecule has 0 bridgehead atoms. The third kappa shape index (κ3) is 6.51. The topological polar surface area (TPSA) is 100 Å². The van der Waals surface area contributed by atoms with Gasteiger partial charge in [0.15, 0.2) is 11.8 Å². The molecule has 0 aliphatic carbocycles. The van der Waals surface area contributed by atoms with Gasteiger partial charge in [-0.05, 0) is 75.8 Å². The molecule has 1 saturated heterocycles. The lowest BCUT2D eigenvalue weighted by atomic mass is 9.80. The second-order valence-corrected chi connectivity index (χ2v) is 13.1. The summed E-state index contributed by atoms with van der Waals surface area (Å²) in [5, 5.41) is 26.4. The number of allylic oxidation sites excluding steroid dienone is 3. The summed E-state index contributed by atoms with van der Waals surface area (Å²) in [6, 6.07) is 14.5. The minimum Gasteiger partial charge on any atom is -0.507 e. The summed E-state index contributed by atoms with van der Waals surface area (Å²) in [5.41, 5.74) is 3.86. The number of halogens is 1. The van der Waals surface area contributed by atoms with E-state index in [4.69, 9.17) is 26.4 Å². The van der Waals surface area contributed by atoms with E-state index in [1.165, 1.54) is 0 Å². The summed E-state index contributed by atoms with van der Waals surface area (Å²) in [4.78, 5) is 19.8. The van der Waals surface area contributed by atoms with Crippen LogP contribution in [-0.4, -0.2) is 49.5 Å². The normalized spacial score (nSPS) is 16.0. The van der Waals surface area contributed by atoms with Gasteiger partial charge in [0.1, 0.15) is 11.6 Å². The largest absolute Gasteiger partial charge is 0.507 e. The number of aryl methyl sites for hydroxylation is 1. The maximum absolute atomic E-state index is 12.7. The van der Waals surface area contributed by atoms with Crippen LogP contribution in [0, 0.1) is 12.3 Å². The zero-order valence-electron chi connectivity index (χ0n) is 25.8. The third-order valence-electron chi connectivity index (χ3n) is 8.03. The fourth-order valence-electron chi connectivity index (χ4n) is 5.74. The van der Waals surface area contributed by atoms with Gasteiger partial charge in [0.05, 0.1) is 16.9 Å². The molecule has 230 valence electrons. The van der Waals surface area contributed by atoms with E-state index in [1.807, 2.05) is 64.1 Å². The minimum atomic E-state index is -1.24. The van der Waals surface area contributed by atoms with Crippen LogP contribution in [0.2, 0.25) is 5.02 Å². The first-order valence-corrected chi connectivity index (χ1v) is 15.1. The first-order chi connectivity index (χ1) is 20.8. The molecular formula is C35H39ClN4O4. The van der Waals surface area contributed by atoms with E-state index in [1.54, 1.807) is 28.8 Å². The number of hydrogen-bond acceptors (Lipinski definition) is 6. The van der Waals surface area contributed by atoms with Crippen molar-refractivity contribution in [3.8, 4) is 28.1 Å². The van der Waals surface area contributed by atoms with Crippen LogP contribution in [-0.2, 0) is 9.53 Å². The minimum absolute atomic E-state index is 0.00175. The Balaban J connectivity index is 1.66. The molecular weight excluding hydrogens is 576 g/mol. The number of fused-ring (bicyclic) bond motifs is 1. The number of nitrogens with zero attached hydrogens (tertiary/aromatic N) is 4. The molecule has 5 rings (SSSR count). The van der Waals surface area contributed by atoms with Gasteiger partial charge < -0.3 is 19.8 Å². The number of anilines is 1. The second kappa shape index (κ2) is 12.1. The summed E-state index contributed by atoms with van der Waals surface area (Å²) in [5.74, 6) is -0.277. The Morgan fingerprint density at radius 3 is 2.50 bits per heavy atom. The Morgan fingerprint density at radius 2 is 1.84 bits per heavy atom. The van der Waals surface area contributed by atoms with E-state index in [2.05, 4.69) is 24.5 Å². The molecule has 44 heavy (non-hydrogen) atoms. The number of piperidine rings is 1. The molecule has 9 heteroatoms. The standard InChI is InChI=1S/C35H39ClN4O4/c1-7-8-14-35(6)15-17-39(18-16-35)32-30(31(33(42)43)44-34(3,4)5)22(2)37-29-21-27(38-40(29)32)24-11-9-10-23(19-24)26-20-25(36)12-13-28(26)41/h7-14,19-21,31,41H,1,15-18H2,2-6H3,(H,42,43)/b14-8+. The molecule has 4 aromatic rings. The molecule has 0 radical (unpaired) electrons. The van der Waals surface area contributed by atoms with Crippen LogP contribution in [0.3, 0.4) is 0 Å². The van der Waals surface area contributed by atoms with Crippen LogP contribution < -0.4 is 4.90 Å².